The van der Waals surface area contributed by atoms with Crippen molar-refractivity contribution in [3.05, 3.63) is 77.5 Å². The molecule has 1 aliphatic rings. The summed E-state index contributed by atoms with van der Waals surface area (Å²) in [5, 5.41) is 3.57. The van der Waals surface area contributed by atoms with E-state index in [4.69, 9.17) is 21.0 Å². The number of halogens is 1. The maximum atomic E-state index is 12.2. The highest BCUT2D eigenvalue weighted by Crippen LogP contribution is 2.27. The van der Waals surface area contributed by atoms with E-state index in [1.54, 1.807) is 12.1 Å². The zero-order valence-electron chi connectivity index (χ0n) is 14.9. The molecule has 0 aliphatic carbocycles. The number of rotatable bonds is 3. The van der Waals surface area contributed by atoms with Crippen molar-refractivity contribution in [3.63, 3.8) is 0 Å². The van der Waals surface area contributed by atoms with Crippen LogP contribution >= 0.6 is 11.6 Å². The lowest BCUT2D eigenvalue weighted by Gasteiger charge is -2.30. The highest BCUT2D eigenvalue weighted by atomic mass is 35.5. The van der Waals surface area contributed by atoms with Gasteiger partial charge in [0.1, 0.15) is 5.82 Å². The number of imidazole rings is 1. The Morgan fingerprint density at radius 2 is 2.04 bits per heavy atom. The predicted molar refractivity (Wildman–Crippen MR) is 109 cm³/mol. The molecule has 140 valence electrons. The molecule has 0 saturated heterocycles. The average Bonchev–Trinajstić information content (AvgIpc) is 3.35. The van der Waals surface area contributed by atoms with Crippen LogP contribution in [0.15, 0.2) is 65.3 Å². The van der Waals surface area contributed by atoms with E-state index >= 15 is 0 Å². The van der Waals surface area contributed by atoms with E-state index in [-0.39, 0.29) is 11.7 Å². The molecule has 3 heterocycles. The van der Waals surface area contributed by atoms with Gasteiger partial charge in [-0.2, -0.15) is 0 Å². The van der Waals surface area contributed by atoms with E-state index in [1.807, 2.05) is 42.5 Å². The SMILES string of the molecule is O=C(Nc1cccc(N2CCn3c(nc4cc(Cl)ccc43)C2)c1)c1ccco1. The minimum absolute atomic E-state index is 0.264. The van der Waals surface area contributed by atoms with Crippen molar-refractivity contribution in [2.75, 3.05) is 16.8 Å². The minimum atomic E-state index is -0.264. The summed E-state index contributed by atoms with van der Waals surface area (Å²) in [7, 11) is 0. The standard InChI is InChI=1S/C21H17ClN4O2/c22-14-6-7-18-17(11-14)24-20-13-25(8-9-26(18)20)16-4-1-3-15(12-16)23-21(27)19-5-2-10-28-19/h1-7,10-12H,8-9,13H2,(H,23,27). The number of hydrogen-bond donors (Lipinski definition) is 1. The molecule has 5 rings (SSSR count). The molecule has 4 aromatic rings. The largest absolute Gasteiger partial charge is 0.459 e. The average molecular weight is 393 g/mol. The van der Waals surface area contributed by atoms with Gasteiger partial charge >= 0.3 is 0 Å². The zero-order chi connectivity index (χ0) is 19.1. The molecule has 0 atom stereocenters. The first-order valence-corrected chi connectivity index (χ1v) is 9.40. The van der Waals surface area contributed by atoms with Crippen molar-refractivity contribution in [2.45, 2.75) is 13.1 Å². The van der Waals surface area contributed by atoms with Crippen LogP contribution in [-0.4, -0.2) is 22.0 Å². The Labute approximate surface area is 166 Å². The Morgan fingerprint density at radius 1 is 1.11 bits per heavy atom. The lowest BCUT2D eigenvalue weighted by atomic mass is 10.2. The van der Waals surface area contributed by atoms with Gasteiger partial charge in [0.15, 0.2) is 5.76 Å². The Bertz CT molecular complexity index is 1170. The number of carbonyl (C=O) groups is 1. The van der Waals surface area contributed by atoms with E-state index in [1.165, 1.54) is 6.26 Å². The maximum Gasteiger partial charge on any atom is 0.291 e. The van der Waals surface area contributed by atoms with Gasteiger partial charge in [-0.3, -0.25) is 4.79 Å². The second kappa shape index (κ2) is 6.73. The van der Waals surface area contributed by atoms with Gasteiger partial charge < -0.3 is 19.2 Å². The third kappa shape index (κ3) is 3.01. The monoisotopic (exact) mass is 392 g/mol. The number of nitrogens with zero attached hydrogens (tertiary/aromatic N) is 3. The van der Waals surface area contributed by atoms with Crippen molar-refractivity contribution >= 4 is 39.9 Å². The summed E-state index contributed by atoms with van der Waals surface area (Å²) in [6, 6.07) is 17.0. The number of furan rings is 1. The maximum absolute atomic E-state index is 12.2. The number of hydrogen-bond acceptors (Lipinski definition) is 4. The first-order chi connectivity index (χ1) is 13.7. The van der Waals surface area contributed by atoms with Crippen LogP contribution in [0.3, 0.4) is 0 Å². The summed E-state index contributed by atoms with van der Waals surface area (Å²) < 4.78 is 7.39. The van der Waals surface area contributed by atoms with E-state index in [2.05, 4.69) is 14.8 Å². The third-order valence-corrected chi connectivity index (χ3v) is 5.16. The van der Waals surface area contributed by atoms with Crippen molar-refractivity contribution in [3.8, 4) is 0 Å². The molecular formula is C21H17ClN4O2. The highest BCUT2D eigenvalue weighted by molar-refractivity contribution is 6.31. The minimum Gasteiger partial charge on any atom is -0.459 e. The molecule has 1 amide bonds. The summed E-state index contributed by atoms with van der Waals surface area (Å²) in [5.74, 6) is 1.03. The fourth-order valence-corrected chi connectivity index (χ4v) is 3.76. The zero-order valence-corrected chi connectivity index (χ0v) is 15.7. The van der Waals surface area contributed by atoms with E-state index in [0.717, 1.165) is 41.3 Å². The quantitative estimate of drug-likeness (QED) is 0.555. The van der Waals surface area contributed by atoms with Gasteiger partial charge in [0.25, 0.3) is 5.91 Å². The first-order valence-electron chi connectivity index (χ1n) is 9.02. The number of anilines is 2. The number of benzene rings is 2. The normalized spacial score (nSPS) is 13.5. The molecule has 6 nitrogen and oxygen atoms in total. The molecular weight excluding hydrogens is 376 g/mol. The second-order valence-corrected chi connectivity index (χ2v) is 7.15. The number of nitrogens with one attached hydrogen (secondary N) is 1. The smallest absolute Gasteiger partial charge is 0.291 e. The second-order valence-electron chi connectivity index (χ2n) is 6.72. The van der Waals surface area contributed by atoms with Crippen molar-refractivity contribution in [2.24, 2.45) is 0 Å². The van der Waals surface area contributed by atoms with Gasteiger partial charge in [-0.1, -0.05) is 17.7 Å². The Morgan fingerprint density at radius 3 is 2.89 bits per heavy atom. The van der Waals surface area contributed by atoms with Crippen LogP contribution in [0.5, 0.6) is 0 Å². The number of aromatic nitrogens is 2. The number of fused-ring (bicyclic) bond motifs is 3. The lowest BCUT2D eigenvalue weighted by Crippen LogP contribution is -2.33. The Hall–Kier alpha value is -3.25. The summed E-state index contributed by atoms with van der Waals surface area (Å²) in [5.41, 5.74) is 3.79. The molecule has 1 aliphatic heterocycles. The summed E-state index contributed by atoms with van der Waals surface area (Å²) >= 11 is 6.10. The fourth-order valence-electron chi connectivity index (χ4n) is 3.59. The predicted octanol–water partition coefficient (Wildman–Crippen LogP) is 4.56. The highest BCUT2D eigenvalue weighted by Gasteiger charge is 2.21. The molecule has 0 bridgehead atoms. The van der Waals surface area contributed by atoms with Crippen LogP contribution in [0.25, 0.3) is 11.0 Å². The van der Waals surface area contributed by atoms with Crippen LogP contribution in [0.1, 0.15) is 16.4 Å². The van der Waals surface area contributed by atoms with Gasteiger partial charge in [0, 0.05) is 29.5 Å². The van der Waals surface area contributed by atoms with Crippen molar-refractivity contribution in [1.82, 2.24) is 9.55 Å². The van der Waals surface area contributed by atoms with Gasteiger partial charge in [0.2, 0.25) is 0 Å². The molecule has 1 N–H and O–H groups in total. The molecule has 2 aromatic carbocycles. The van der Waals surface area contributed by atoms with Crippen LogP contribution < -0.4 is 10.2 Å². The molecule has 0 spiro atoms. The van der Waals surface area contributed by atoms with Gasteiger partial charge in [0.05, 0.1) is 23.8 Å². The molecule has 0 unspecified atom stereocenters. The summed E-state index contributed by atoms with van der Waals surface area (Å²) in [6.45, 7) is 2.40. The molecule has 2 aromatic heterocycles. The van der Waals surface area contributed by atoms with E-state index in [0.29, 0.717) is 11.6 Å². The van der Waals surface area contributed by atoms with E-state index in [9.17, 15) is 4.79 Å². The fraction of sp³-hybridized carbons (Fsp3) is 0.143. The van der Waals surface area contributed by atoms with Crippen LogP contribution in [-0.2, 0) is 13.1 Å². The van der Waals surface area contributed by atoms with Crippen LogP contribution in [0, 0.1) is 0 Å². The topological polar surface area (TPSA) is 63.3 Å². The Kier molecular flexibility index (Phi) is 4.06. The van der Waals surface area contributed by atoms with Crippen molar-refractivity contribution in [1.29, 1.82) is 0 Å². The molecule has 28 heavy (non-hydrogen) atoms. The molecule has 0 saturated carbocycles. The third-order valence-electron chi connectivity index (χ3n) is 4.93. The van der Waals surface area contributed by atoms with Crippen LogP contribution in [0.2, 0.25) is 5.02 Å². The number of carbonyl (C=O) groups excluding carboxylic acids is 1. The number of amides is 1. The Balaban J connectivity index is 1.39. The summed E-state index contributed by atoms with van der Waals surface area (Å²) in [4.78, 5) is 19.2. The lowest BCUT2D eigenvalue weighted by molar-refractivity contribution is 0.0996. The van der Waals surface area contributed by atoms with E-state index < -0.39 is 0 Å². The van der Waals surface area contributed by atoms with Crippen LogP contribution in [0.4, 0.5) is 11.4 Å². The molecule has 7 heteroatoms. The summed E-state index contributed by atoms with van der Waals surface area (Å²) in [6.07, 6.45) is 1.48. The van der Waals surface area contributed by atoms with Gasteiger partial charge in [-0.15, -0.1) is 0 Å². The molecule has 0 radical (unpaired) electrons. The van der Waals surface area contributed by atoms with Gasteiger partial charge in [-0.25, -0.2) is 4.98 Å². The first kappa shape index (κ1) is 16.9. The van der Waals surface area contributed by atoms with Gasteiger partial charge in [-0.05, 0) is 48.5 Å². The molecule has 0 fully saturated rings. The van der Waals surface area contributed by atoms with Crippen molar-refractivity contribution < 1.29 is 9.21 Å².